The fourth-order valence-corrected chi connectivity index (χ4v) is 3.23. The van der Waals surface area contributed by atoms with Crippen LogP contribution in [0.2, 0.25) is 10.0 Å². The molecule has 0 bridgehead atoms. The van der Waals surface area contributed by atoms with Gasteiger partial charge in [-0.1, -0.05) is 29.3 Å². The monoisotopic (exact) mass is 412 g/mol. The minimum absolute atomic E-state index is 0.168. The quantitative estimate of drug-likeness (QED) is 0.707. The molecular formula is C19H22Cl2N2O4. The van der Waals surface area contributed by atoms with E-state index in [0.29, 0.717) is 39.5 Å². The van der Waals surface area contributed by atoms with Crippen molar-refractivity contribution < 1.29 is 19.0 Å². The minimum atomic E-state index is -0.185. The second-order valence-corrected chi connectivity index (χ2v) is 6.74. The maximum Gasteiger partial charge on any atom is 0.238 e. The van der Waals surface area contributed by atoms with E-state index in [0.717, 1.165) is 5.56 Å². The summed E-state index contributed by atoms with van der Waals surface area (Å²) in [7, 11) is 6.52. The number of carbonyl (C=O) groups excluding carboxylic acids is 1. The zero-order chi connectivity index (χ0) is 20.0. The first kappa shape index (κ1) is 21.2. The van der Waals surface area contributed by atoms with Crippen molar-refractivity contribution in [3.05, 3.63) is 45.9 Å². The third-order valence-corrected chi connectivity index (χ3v) is 4.22. The molecule has 2 aromatic rings. The lowest BCUT2D eigenvalue weighted by Crippen LogP contribution is -2.30. The van der Waals surface area contributed by atoms with Gasteiger partial charge in [0.15, 0.2) is 11.5 Å². The Morgan fingerprint density at radius 1 is 1.00 bits per heavy atom. The Morgan fingerprint density at radius 3 is 2.19 bits per heavy atom. The number of halogens is 2. The van der Waals surface area contributed by atoms with Gasteiger partial charge in [-0.25, -0.2) is 0 Å². The molecule has 0 aliphatic rings. The average Bonchev–Trinajstić information content (AvgIpc) is 2.59. The SMILES string of the molecule is COc1ccc(CN(C)CC(=O)Nc2cc(Cl)cc(Cl)c2)c(OC)c1OC. The fourth-order valence-electron chi connectivity index (χ4n) is 2.71. The third-order valence-electron chi connectivity index (χ3n) is 3.79. The van der Waals surface area contributed by atoms with Gasteiger partial charge in [0.1, 0.15) is 0 Å². The van der Waals surface area contributed by atoms with Crippen molar-refractivity contribution in [2.75, 3.05) is 40.2 Å². The van der Waals surface area contributed by atoms with E-state index in [1.165, 1.54) is 0 Å². The van der Waals surface area contributed by atoms with Crippen LogP contribution < -0.4 is 19.5 Å². The number of amides is 1. The summed E-state index contributed by atoms with van der Waals surface area (Å²) < 4.78 is 16.2. The van der Waals surface area contributed by atoms with Gasteiger partial charge in [-0.3, -0.25) is 9.69 Å². The number of carbonyl (C=O) groups is 1. The van der Waals surface area contributed by atoms with Crippen LogP contribution in [0.5, 0.6) is 17.2 Å². The zero-order valence-corrected chi connectivity index (χ0v) is 17.1. The van der Waals surface area contributed by atoms with E-state index in [9.17, 15) is 4.79 Å². The first-order chi connectivity index (χ1) is 12.9. The van der Waals surface area contributed by atoms with E-state index in [4.69, 9.17) is 37.4 Å². The van der Waals surface area contributed by atoms with Gasteiger partial charge in [0.2, 0.25) is 11.7 Å². The van der Waals surface area contributed by atoms with Crippen LogP contribution in [-0.4, -0.2) is 45.7 Å². The fraction of sp³-hybridized carbons (Fsp3) is 0.316. The lowest BCUT2D eigenvalue weighted by atomic mass is 10.1. The Hall–Kier alpha value is -2.15. The Labute approximate surface area is 168 Å². The van der Waals surface area contributed by atoms with Gasteiger partial charge < -0.3 is 19.5 Å². The van der Waals surface area contributed by atoms with Gasteiger partial charge >= 0.3 is 0 Å². The summed E-state index contributed by atoms with van der Waals surface area (Å²) in [6.07, 6.45) is 0. The summed E-state index contributed by atoms with van der Waals surface area (Å²) in [5, 5.41) is 3.70. The largest absolute Gasteiger partial charge is 0.493 e. The third kappa shape index (κ3) is 5.66. The van der Waals surface area contributed by atoms with Gasteiger partial charge in [-0.15, -0.1) is 0 Å². The zero-order valence-electron chi connectivity index (χ0n) is 15.6. The van der Waals surface area contributed by atoms with E-state index < -0.39 is 0 Å². The first-order valence-corrected chi connectivity index (χ1v) is 8.85. The average molecular weight is 413 g/mol. The van der Waals surface area contributed by atoms with Crippen LogP contribution in [0.3, 0.4) is 0 Å². The Kier molecular flexibility index (Phi) is 7.59. The van der Waals surface area contributed by atoms with Crippen molar-refractivity contribution in [3.63, 3.8) is 0 Å². The molecule has 0 spiro atoms. The number of likely N-dealkylation sites (N-methyl/N-ethyl adjacent to an activating group) is 1. The number of nitrogens with one attached hydrogen (secondary N) is 1. The Bertz CT molecular complexity index is 794. The van der Waals surface area contributed by atoms with Gasteiger partial charge in [0.05, 0.1) is 27.9 Å². The van der Waals surface area contributed by atoms with Crippen molar-refractivity contribution in [2.45, 2.75) is 6.54 Å². The molecule has 0 heterocycles. The predicted molar refractivity (Wildman–Crippen MR) is 108 cm³/mol. The number of rotatable bonds is 8. The molecule has 2 aromatic carbocycles. The predicted octanol–water partition coefficient (Wildman–Crippen LogP) is 4.09. The topological polar surface area (TPSA) is 60.0 Å². The molecule has 6 nitrogen and oxygen atoms in total. The number of hydrogen-bond donors (Lipinski definition) is 1. The highest BCUT2D eigenvalue weighted by atomic mass is 35.5. The van der Waals surface area contributed by atoms with Crippen molar-refractivity contribution in [3.8, 4) is 17.2 Å². The number of anilines is 1. The van der Waals surface area contributed by atoms with E-state index >= 15 is 0 Å². The molecular weight excluding hydrogens is 391 g/mol. The highest BCUT2D eigenvalue weighted by molar-refractivity contribution is 6.35. The Morgan fingerprint density at radius 2 is 1.63 bits per heavy atom. The summed E-state index contributed by atoms with van der Waals surface area (Å²) in [5.41, 5.74) is 1.42. The summed E-state index contributed by atoms with van der Waals surface area (Å²) in [6, 6.07) is 8.57. The lowest BCUT2D eigenvalue weighted by Gasteiger charge is -2.20. The molecule has 0 unspecified atom stereocenters. The molecule has 0 radical (unpaired) electrons. The highest BCUT2D eigenvalue weighted by Gasteiger charge is 2.17. The normalized spacial score (nSPS) is 10.6. The summed E-state index contributed by atoms with van der Waals surface area (Å²) in [6.45, 7) is 0.648. The van der Waals surface area contributed by atoms with E-state index in [2.05, 4.69) is 5.32 Å². The molecule has 0 aliphatic carbocycles. The van der Waals surface area contributed by atoms with E-state index in [-0.39, 0.29) is 12.5 Å². The van der Waals surface area contributed by atoms with Crippen molar-refractivity contribution in [1.29, 1.82) is 0 Å². The summed E-state index contributed by atoms with van der Waals surface area (Å²) in [4.78, 5) is 14.2. The van der Waals surface area contributed by atoms with Crippen molar-refractivity contribution in [2.24, 2.45) is 0 Å². The maximum atomic E-state index is 12.3. The van der Waals surface area contributed by atoms with E-state index in [1.807, 2.05) is 18.0 Å². The molecule has 0 saturated carbocycles. The number of ether oxygens (including phenoxy) is 3. The molecule has 27 heavy (non-hydrogen) atoms. The van der Waals surface area contributed by atoms with Gasteiger partial charge in [-0.05, 0) is 31.3 Å². The summed E-state index contributed by atoms with van der Waals surface area (Å²) in [5.74, 6) is 1.49. The maximum absolute atomic E-state index is 12.3. The van der Waals surface area contributed by atoms with E-state index in [1.54, 1.807) is 45.6 Å². The molecule has 0 saturated heterocycles. The van der Waals surface area contributed by atoms with Gasteiger partial charge in [0, 0.05) is 27.8 Å². The molecule has 0 atom stereocenters. The molecule has 146 valence electrons. The van der Waals surface area contributed by atoms with Crippen LogP contribution >= 0.6 is 23.2 Å². The van der Waals surface area contributed by atoms with Crippen LogP contribution in [0.1, 0.15) is 5.56 Å². The number of hydrogen-bond acceptors (Lipinski definition) is 5. The second kappa shape index (κ2) is 9.69. The molecule has 0 fully saturated rings. The highest BCUT2D eigenvalue weighted by Crippen LogP contribution is 2.40. The Balaban J connectivity index is 2.06. The minimum Gasteiger partial charge on any atom is -0.493 e. The van der Waals surface area contributed by atoms with Crippen molar-refractivity contribution in [1.82, 2.24) is 4.90 Å². The molecule has 8 heteroatoms. The molecule has 1 amide bonds. The van der Waals surface area contributed by atoms with Crippen LogP contribution in [0.4, 0.5) is 5.69 Å². The molecule has 0 aromatic heterocycles. The first-order valence-electron chi connectivity index (χ1n) is 8.10. The molecule has 2 rings (SSSR count). The second-order valence-electron chi connectivity index (χ2n) is 5.87. The number of benzene rings is 2. The van der Waals surface area contributed by atoms with Gasteiger partial charge in [-0.2, -0.15) is 0 Å². The standard InChI is InChI=1S/C19H22Cl2N2O4/c1-23(11-17(24)22-15-8-13(20)7-14(21)9-15)10-12-5-6-16(25-2)19(27-4)18(12)26-3/h5-9H,10-11H2,1-4H3,(H,22,24). The molecule has 0 aliphatic heterocycles. The lowest BCUT2D eigenvalue weighted by molar-refractivity contribution is -0.117. The number of nitrogens with zero attached hydrogens (tertiary/aromatic N) is 1. The van der Waals surface area contributed by atoms with Crippen LogP contribution in [0.15, 0.2) is 30.3 Å². The van der Waals surface area contributed by atoms with Crippen LogP contribution in [0.25, 0.3) is 0 Å². The smallest absolute Gasteiger partial charge is 0.238 e. The van der Waals surface area contributed by atoms with Crippen LogP contribution in [0, 0.1) is 0 Å². The van der Waals surface area contributed by atoms with Gasteiger partial charge in [0.25, 0.3) is 0 Å². The van der Waals surface area contributed by atoms with Crippen LogP contribution in [-0.2, 0) is 11.3 Å². The van der Waals surface area contributed by atoms with Crippen molar-refractivity contribution >= 4 is 34.8 Å². The number of methoxy groups -OCH3 is 3. The summed E-state index contributed by atoms with van der Waals surface area (Å²) >= 11 is 11.9. The molecule has 1 N–H and O–H groups in total.